The molecule has 3 atom stereocenters. The van der Waals surface area contributed by atoms with Gasteiger partial charge in [-0.15, -0.1) is 0 Å². The summed E-state index contributed by atoms with van der Waals surface area (Å²) in [7, 11) is 1.82. The van der Waals surface area contributed by atoms with Crippen molar-refractivity contribution < 1.29 is 5.11 Å². The Morgan fingerprint density at radius 3 is 2.53 bits per heavy atom. The SMILES string of the molecule is CNC(C)(C#N)CC(C)SCC(C)CO. The molecule has 88 valence electrons. The number of nitriles is 1. The molecule has 0 aliphatic heterocycles. The molecule has 15 heavy (non-hydrogen) atoms. The van der Waals surface area contributed by atoms with Gasteiger partial charge in [0.2, 0.25) is 0 Å². The molecule has 0 amide bonds. The van der Waals surface area contributed by atoms with E-state index in [1.54, 1.807) is 0 Å². The van der Waals surface area contributed by atoms with Gasteiger partial charge in [0.15, 0.2) is 0 Å². The number of aliphatic hydroxyl groups is 1. The molecular formula is C11H22N2OS. The maximum atomic E-state index is 9.00. The van der Waals surface area contributed by atoms with E-state index in [-0.39, 0.29) is 6.61 Å². The second-order valence-corrected chi connectivity index (χ2v) is 5.80. The van der Waals surface area contributed by atoms with Crippen molar-refractivity contribution in [2.45, 2.75) is 38.0 Å². The summed E-state index contributed by atoms with van der Waals surface area (Å²) >= 11 is 1.82. The third-order valence-corrected chi connectivity index (χ3v) is 3.97. The molecule has 0 radical (unpaired) electrons. The number of rotatable bonds is 7. The molecule has 0 bridgehead atoms. The Morgan fingerprint density at radius 2 is 2.13 bits per heavy atom. The minimum Gasteiger partial charge on any atom is -0.396 e. The van der Waals surface area contributed by atoms with Crippen molar-refractivity contribution in [1.82, 2.24) is 5.32 Å². The average Bonchev–Trinajstić information content (AvgIpc) is 2.25. The maximum absolute atomic E-state index is 9.00. The topological polar surface area (TPSA) is 56.0 Å². The highest BCUT2D eigenvalue weighted by molar-refractivity contribution is 7.99. The Kier molecular flexibility index (Phi) is 6.99. The third kappa shape index (κ3) is 6.03. The number of nitrogens with one attached hydrogen (secondary N) is 1. The first kappa shape index (κ1) is 14.8. The van der Waals surface area contributed by atoms with Crippen LogP contribution in [0.5, 0.6) is 0 Å². The predicted octanol–water partition coefficient (Wildman–Crippen LogP) is 1.63. The first-order valence-electron chi connectivity index (χ1n) is 5.30. The smallest absolute Gasteiger partial charge is 0.104 e. The molecule has 0 aromatic carbocycles. The van der Waals surface area contributed by atoms with Gasteiger partial charge >= 0.3 is 0 Å². The lowest BCUT2D eigenvalue weighted by Gasteiger charge is -2.24. The van der Waals surface area contributed by atoms with Crippen LogP contribution in [0.3, 0.4) is 0 Å². The van der Waals surface area contributed by atoms with Crippen LogP contribution in [-0.4, -0.2) is 35.3 Å². The standard InChI is InChI=1S/C11H22N2OS/c1-9(6-14)7-15-10(2)5-11(3,8-12)13-4/h9-10,13-14H,5-7H2,1-4H3. The maximum Gasteiger partial charge on any atom is 0.104 e. The number of nitrogens with zero attached hydrogens (tertiary/aromatic N) is 1. The van der Waals surface area contributed by atoms with Gasteiger partial charge in [0, 0.05) is 11.9 Å². The molecule has 0 aliphatic rings. The van der Waals surface area contributed by atoms with Crippen molar-refractivity contribution >= 4 is 11.8 Å². The van der Waals surface area contributed by atoms with Crippen molar-refractivity contribution in [1.29, 1.82) is 5.26 Å². The van der Waals surface area contributed by atoms with Crippen molar-refractivity contribution in [3.63, 3.8) is 0 Å². The van der Waals surface area contributed by atoms with Gasteiger partial charge in [-0.2, -0.15) is 17.0 Å². The van der Waals surface area contributed by atoms with Crippen molar-refractivity contribution in [2.75, 3.05) is 19.4 Å². The first-order chi connectivity index (χ1) is 6.97. The second-order valence-electron chi connectivity index (χ2n) is 4.33. The Morgan fingerprint density at radius 1 is 1.53 bits per heavy atom. The Labute approximate surface area is 97.2 Å². The highest BCUT2D eigenvalue weighted by Crippen LogP contribution is 2.22. The van der Waals surface area contributed by atoms with Crippen LogP contribution in [0.1, 0.15) is 27.2 Å². The van der Waals surface area contributed by atoms with E-state index in [0.29, 0.717) is 11.2 Å². The summed E-state index contributed by atoms with van der Waals surface area (Å²) in [6.45, 7) is 6.31. The monoisotopic (exact) mass is 230 g/mol. The van der Waals surface area contributed by atoms with Crippen LogP contribution in [0.15, 0.2) is 0 Å². The molecule has 3 nitrogen and oxygen atoms in total. The summed E-state index contributed by atoms with van der Waals surface area (Å²) in [4.78, 5) is 0. The van der Waals surface area contributed by atoms with E-state index in [1.165, 1.54) is 0 Å². The van der Waals surface area contributed by atoms with E-state index in [4.69, 9.17) is 10.4 Å². The predicted molar refractivity (Wildman–Crippen MR) is 65.9 cm³/mol. The van der Waals surface area contributed by atoms with E-state index in [2.05, 4.69) is 18.3 Å². The Balaban J connectivity index is 3.93. The molecule has 0 aromatic rings. The van der Waals surface area contributed by atoms with Crippen LogP contribution in [-0.2, 0) is 0 Å². The summed E-state index contributed by atoms with van der Waals surface area (Å²) in [5.74, 6) is 1.28. The van der Waals surface area contributed by atoms with Gasteiger partial charge in [-0.3, -0.25) is 0 Å². The fourth-order valence-corrected chi connectivity index (χ4v) is 2.43. The third-order valence-electron chi connectivity index (χ3n) is 2.47. The molecule has 0 rings (SSSR count). The summed E-state index contributed by atoms with van der Waals surface area (Å²) in [6.07, 6.45) is 0.822. The van der Waals surface area contributed by atoms with E-state index in [1.807, 2.05) is 32.7 Å². The van der Waals surface area contributed by atoms with Crippen molar-refractivity contribution in [3.05, 3.63) is 0 Å². The zero-order valence-electron chi connectivity index (χ0n) is 10.1. The van der Waals surface area contributed by atoms with E-state index in [9.17, 15) is 0 Å². The number of hydrogen-bond acceptors (Lipinski definition) is 4. The fourth-order valence-electron chi connectivity index (χ4n) is 1.22. The van der Waals surface area contributed by atoms with E-state index >= 15 is 0 Å². The van der Waals surface area contributed by atoms with Crippen molar-refractivity contribution in [3.8, 4) is 6.07 Å². The Hall–Kier alpha value is -0.240. The highest BCUT2D eigenvalue weighted by Gasteiger charge is 2.24. The van der Waals surface area contributed by atoms with Crippen LogP contribution in [0.2, 0.25) is 0 Å². The van der Waals surface area contributed by atoms with Gasteiger partial charge in [0.25, 0.3) is 0 Å². The molecule has 0 spiro atoms. The zero-order valence-corrected chi connectivity index (χ0v) is 10.9. The molecule has 2 N–H and O–H groups in total. The van der Waals surface area contributed by atoms with Gasteiger partial charge in [-0.25, -0.2) is 0 Å². The quantitative estimate of drug-likeness (QED) is 0.698. The van der Waals surface area contributed by atoms with E-state index < -0.39 is 5.54 Å². The van der Waals surface area contributed by atoms with Crippen LogP contribution >= 0.6 is 11.8 Å². The van der Waals surface area contributed by atoms with Gasteiger partial charge in [-0.05, 0) is 32.1 Å². The lowest BCUT2D eigenvalue weighted by atomic mass is 9.98. The van der Waals surface area contributed by atoms with Gasteiger partial charge in [0.1, 0.15) is 5.54 Å². The normalized spacial score (nSPS) is 18.9. The summed E-state index contributed by atoms with van der Waals surface area (Å²) in [5, 5.41) is 21.4. The lowest BCUT2D eigenvalue weighted by molar-refractivity contribution is 0.250. The van der Waals surface area contributed by atoms with E-state index in [0.717, 1.165) is 12.2 Å². The highest BCUT2D eigenvalue weighted by atomic mass is 32.2. The second kappa shape index (κ2) is 7.10. The summed E-state index contributed by atoms with van der Waals surface area (Å²) in [5.41, 5.74) is -0.436. The molecule has 0 aromatic heterocycles. The molecule has 4 heteroatoms. The minimum atomic E-state index is -0.436. The van der Waals surface area contributed by atoms with Crippen LogP contribution in [0.25, 0.3) is 0 Å². The average molecular weight is 230 g/mol. The summed E-state index contributed by atoms with van der Waals surface area (Å²) < 4.78 is 0. The van der Waals surface area contributed by atoms with Gasteiger partial charge in [-0.1, -0.05) is 13.8 Å². The minimum absolute atomic E-state index is 0.237. The van der Waals surface area contributed by atoms with Crippen LogP contribution in [0.4, 0.5) is 0 Å². The largest absolute Gasteiger partial charge is 0.396 e. The number of thioether (sulfide) groups is 1. The number of aliphatic hydroxyl groups excluding tert-OH is 1. The van der Waals surface area contributed by atoms with Crippen molar-refractivity contribution in [2.24, 2.45) is 5.92 Å². The molecular weight excluding hydrogens is 208 g/mol. The molecule has 0 fully saturated rings. The molecule has 0 saturated carbocycles. The fraction of sp³-hybridized carbons (Fsp3) is 0.909. The Bertz CT molecular complexity index is 217. The van der Waals surface area contributed by atoms with Crippen LogP contribution < -0.4 is 5.32 Å². The molecule has 0 saturated heterocycles. The van der Waals surface area contributed by atoms with Gasteiger partial charge < -0.3 is 10.4 Å². The zero-order chi connectivity index (χ0) is 11.9. The molecule has 0 aliphatic carbocycles. The molecule has 3 unspecified atom stereocenters. The van der Waals surface area contributed by atoms with Gasteiger partial charge in [0.05, 0.1) is 6.07 Å². The number of hydrogen-bond donors (Lipinski definition) is 2. The first-order valence-corrected chi connectivity index (χ1v) is 6.35. The summed E-state index contributed by atoms with van der Waals surface area (Å²) in [6, 6.07) is 2.29. The van der Waals surface area contributed by atoms with Crippen LogP contribution in [0, 0.1) is 17.2 Å². The lowest BCUT2D eigenvalue weighted by Crippen LogP contribution is -2.40. The molecule has 0 heterocycles.